The summed E-state index contributed by atoms with van der Waals surface area (Å²) in [5.41, 5.74) is 0.0425. The Morgan fingerprint density at radius 1 is 1.29 bits per heavy atom. The van der Waals surface area contributed by atoms with E-state index in [0.717, 1.165) is 25.9 Å². The van der Waals surface area contributed by atoms with Gasteiger partial charge in [-0.05, 0) is 32.9 Å². The van der Waals surface area contributed by atoms with Gasteiger partial charge in [-0.1, -0.05) is 12.8 Å². The first kappa shape index (κ1) is 13.2. The van der Waals surface area contributed by atoms with Gasteiger partial charge in [0.05, 0.1) is 0 Å². The summed E-state index contributed by atoms with van der Waals surface area (Å²) in [4.78, 5) is 2.12. The molecule has 100 valence electrons. The van der Waals surface area contributed by atoms with Crippen LogP contribution in [0.15, 0.2) is 0 Å². The fourth-order valence-corrected chi connectivity index (χ4v) is 3.10. The second-order valence-electron chi connectivity index (χ2n) is 6.05. The highest BCUT2D eigenvalue weighted by molar-refractivity contribution is 4.95. The molecule has 2 saturated carbocycles. The molecular formula is C13H23F2NO. The van der Waals surface area contributed by atoms with Crippen molar-refractivity contribution in [2.24, 2.45) is 11.3 Å². The molecule has 2 aliphatic rings. The molecule has 4 heteroatoms. The highest BCUT2D eigenvalue weighted by Gasteiger charge is 2.56. The summed E-state index contributed by atoms with van der Waals surface area (Å²) >= 11 is 0. The lowest BCUT2D eigenvalue weighted by Crippen LogP contribution is -2.37. The molecule has 0 aromatic rings. The average Bonchev–Trinajstić information content (AvgIpc) is 2.70. The van der Waals surface area contributed by atoms with Crippen molar-refractivity contribution in [3.05, 3.63) is 0 Å². The van der Waals surface area contributed by atoms with E-state index in [4.69, 9.17) is 0 Å². The monoisotopic (exact) mass is 247 g/mol. The van der Waals surface area contributed by atoms with E-state index in [1.54, 1.807) is 0 Å². The lowest BCUT2D eigenvalue weighted by Gasteiger charge is -2.31. The van der Waals surface area contributed by atoms with Crippen molar-refractivity contribution in [2.75, 3.05) is 26.7 Å². The molecule has 2 rings (SSSR count). The topological polar surface area (TPSA) is 23.5 Å². The zero-order valence-electron chi connectivity index (χ0n) is 10.6. The molecular weight excluding hydrogens is 224 g/mol. The first-order valence-corrected chi connectivity index (χ1v) is 6.65. The summed E-state index contributed by atoms with van der Waals surface area (Å²) < 4.78 is 25.5. The van der Waals surface area contributed by atoms with E-state index in [2.05, 4.69) is 4.90 Å². The Morgan fingerprint density at radius 2 is 1.88 bits per heavy atom. The van der Waals surface area contributed by atoms with Crippen LogP contribution >= 0.6 is 0 Å². The van der Waals surface area contributed by atoms with Gasteiger partial charge in [0.25, 0.3) is 5.92 Å². The Kier molecular flexibility index (Phi) is 3.74. The number of aliphatic hydroxyl groups excluding tert-OH is 1. The fourth-order valence-electron chi connectivity index (χ4n) is 3.10. The lowest BCUT2D eigenvalue weighted by molar-refractivity contribution is 0.0778. The van der Waals surface area contributed by atoms with Crippen LogP contribution in [0, 0.1) is 11.3 Å². The molecule has 1 atom stereocenters. The van der Waals surface area contributed by atoms with Gasteiger partial charge in [-0.15, -0.1) is 0 Å². The molecule has 2 aliphatic carbocycles. The molecule has 2 fully saturated rings. The molecule has 0 saturated heterocycles. The average molecular weight is 247 g/mol. The maximum Gasteiger partial charge on any atom is 0.251 e. The predicted octanol–water partition coefficient (Wildman–Crippen LogP) is 2.52. The van der Waals surface area contributed by atoms with Gasteiger partial charge in [0, 0.05) is 30.9 Å². The van der Waals surface area contributed by atoms with Crippen molar-refractivity contribution < 1.29 is 13.9 Å². The summed E-state index contributed by atoms with van der Waals surface area (Å²) in [7, 11) is 1.98. The van der Waals surface area contributed by atoms with E-state index >= 15 is 0 Å². The van der Waals surface area contributed by atoms with Crippen molar-refractivity contribution in [3.63, 3.8) is 0 Å². The Labute approximate surface area is 102 Å². The zero-order chi connectivity index (χ0) is 12.5. The van der Waals surface area contributed by atoms with Gasteiger partial charge >= 0.3 is 0 Å². The maximum atomic E-state index is 12.7. The van der Waals surface area contributed by atoms with Gasteiger partial charge in [0.1, 0.15) is 0 Å². The second kappa shape index (κ2) is 4.81. The molecule has 2 nitrogen and oxygen atoms in total. The van der Waals surface area contributed by atoms with Gasteiger partial charge in [0.15, 0.2) is 0 Å². The molecule has 17 heavy (non-hydrogen) atoms. The quantitative estimate of drug-likeness (QED) is 0.779. The third-order valence-corrected chi connectivity index (χ3v) is 4.42. The van der Waals surface area contributed by atoms with E-state index in [9.17, 15) is 13.9 Å². The summed E-state index contributed by atoms with van der Waals surface area (Å²) in [5.74, 6) is -2.78. The van der Waals surface area contributed by atoms with E-state index in [0.29, 0.717) is 6.42 Å². The minimum atomic E-state index is -2.39. The summed E-state index contributed by atoms with van der Waals surface area (Å²) in [6.45, 7) is 1.81. The molecule has 1 N–H and O–H groups in total. The van der Waals surface area contributed by atoms with Gasteiger partial charge in [0.2, 0.25) is 0 Å². The van der Waals surface area contributed by atoms with Gasteiger partial charge < -0.3 is 10.0 Å². The Hall–Kier alpha value is -0.220. The van der Waals surface area contributed by atoms with Gasteiger partial charge in [-0.3, -0.25) is 0 Å². The number of rotatable bonds is 6. The molecule has 0 heterocycles. The van der Waals surface area contributed by atoms with Crippen LogP contribution in [-0.2, 0) is 0 Å². The van der Waals surface area contributed by atoms with Crippen LogP contribution in [0.4, 0.5) is 8.78 Å². The molecule has 0 amide bonds. The van der Waals surface area contributed by atoms with Crippen molar-refractivity contribution in [1.82, 2.24) is 4.90 Å². The lowest BCUT2D eigenvalue weighted by atomic mass is 9.86. The van der Waals surface area contributed by atoms with Crippen LogP contribution in [0.2, 0.25) is 0 Å². The standard InChI is InChI=1S/C13H23F2NO/c1-16(7-4-11-8-13(11,14)15)9-12(10-17)5-2-3-6-12/h11,17H,2-10H2,1H3. The Balaban J connectivity index is 1.71. The zero-order valence-corrected chi connectivity index (χ0v) is 10.6. The molecule has 1 unspecified atom stereocenters. The van der Waals surface area contributed by atoms with Crippen LogP contribution in [0.1, 0.15) is 38.5 Å². The van der Waals surface area contributed by atoms with Crippen LogP contribution in [-0.4, -0.2) is 42.7 Å². The third-order valence-electron chi connectivity index (χ3n) is 4.42. The fraction of sp³-hybridized carbons (Fsp3) is 1.00. The largest absolute Gasteiger partial charge is 0.396 e. The highest BCUT2D eigenvalue weighted by Crippen LogP contribution is 2.50. The minimum absolute atomic E-state index is 0.0425. The van der Waals surface area contributed by atoms with Crippen molar-refractivity contribution in [2.45, 2.75) is 44.4 Å². The van der Waals surface area contributed by atoms with Crippen molar-refractivity contribution in [1.29, 1.82) is 0 Å². The number of nitrogens with zero attached hydrogens (tertiary/aromatic N) is 1. The maximum absolute atomic E-state index is 12.7. The van der Waals surface area contributed by atoms with Gasteiger partial charge in [-0.2, -0.15) is 0 Å². The smallest absolute Gasteiger partial charge is 0.251 e. The first-order valence-electron chi connectivity index (χ1n) is 6.65. The SMILES string of the molecule is CN(CCC1CC1(F)F)CC1(CO)CCCC1. The van der Waals surface area contributed by atoms with Crippen molar-refractivity contribution in [3.8, 4) is 0 Å². The molecule has 0 radical (unpaired) electrons. The van der Waals surface area contributed by atoms with Crippen LogP contribution in [0.5, 0.6) is 0 Å². The summed E-state index contributed by atoms with van der Waals surface area (Å²) in [6, 6.07) is 0. The number of aliphatic hydroxyl groups is 1. The van der Waals surface area contributed by atoms with Crippen molar-refractivity contribution >= 4 is 0 Å². The second-order valence-corrected chi connectivity index (χ2v) is 6.05. The highest BCUT2D eigenvalue weighted by atomic mass is 19.3. The van der Waals surface area contributed by atoms with Crippen LogP contribution in [0.3, 0.4) is 0 Å². The number of alkyl halides is 2. The van der Waals surface area contributed by atoms with E-state index in [1.807, 2.05) is 7.05 Å². The predicted molar refractivity (Wildman–Crippen MR) is 63.2 cm³/mol. The summed E-state index contributed by atoms with van der Waals surface area (Å²) in [6.07, 6.45) is 5.20. The molecule has 0 bridgehead atoms. The van der Waals surface area contributed by atoms with E-state index < -0.39 is 11.8 Å². The number of halogens is 2. The molecule has 0 aromatic heterocycles. The normalized spacial score (nSPS) is 29.8. The Morgan fingerprint density at radius 3 is 2.35 bits per heavy atom. The molecule has 0 aromatic carbocycles. The van der Waals surface area contributed by atoms with Crippen LogP contribution in [0.25, 0.3) is 0 Å². The van der Waals surface area contributed by atoms with E-state index in [-0.39, 0.29) is 18.4 Å². The molecule has 0 aliphatic heterocycles. The first-order chi connectivity index (χ1) is 7.97. The number of hydrogen-bond acceptors (Lipinski definition) is 2. The Bertz CT molecular complexity index is 264. The summed E-state index contributed by atoms with van der Waals surface area (Å²) in [5, 5.41) is 9.49. The van der Waals surface area contributed by atoms with Gasteiger partial charge in [-0.25, -0.2) is 8.78 Å². The van der Waals surface area contributed by atoms with E-state index in [1.165, 1.54) is 12.8 Å². The van der Waals surface area contributed by atoms with Crippen LogP contribution < -0.4 is 0 Å². The number of hydrogen-bond donors (Lipinski definition) is 1. The minimum Gasteiger partial charge on any atom is -0.396 e. The third kappa shape index (κ3) is 3.16. The molecule has 0 spiro atoms.